The highest BCUT2D eigenvalue weighted by atomic mass is 16.5. The van der Waals surface area contributed by atoms with Gasteiger partial charge in [-0.3, -0.25) is 24.1 Å². The summed E-state index contributed by atoms with van der Waals surface area (Å²) in [6.45, 7) is 12.0. The summed E-state index contributed by atoms with van der Waals surface area (Å²) >= 11 is 0. The molecular formula is C39H65N7O6. The molecule has 1 aromatic carbocycles. The molecule has 292 valence electrons. The van der Waals surface area contributed by atoms with Gasteiger partial charge >= 0.3 is 0 Å². The summed E-state index contributed by atoms with van der Waals surface area (Å²) in [5.41, 5.74) is 7.47. The molecule has 13 nitrogen and oxygen atoms in total. The quantitative estimate of drug-likeness (QED) is 0.171. The molecule has 0 aromatic heterocycles. The average Bonchev–Trinajstić information content (AvgIpc) is 3.59. The van der Waals surface area contributed by atoms with E-state index in [-0.39, 0.29) is 54.3 Å². The van der Waals surface area contributed by atoms with E-state index in [0.29, 0.717) is 25.1 Å². The average molecular weight is 728 g/mol. The first-order valence-corrected chi connectivity index (χ1v) is 18.6. The summed E-state index contributed by atoms with van der Waals surface area (Å²) in [5.74, 6) is -1.67. The Hall–Kier alpha value is -3.73. The van der Waals surface area contributed by atoms with Crippen LogP contribution >= 0.6 is 0 Å². The fourth-order valence-electron chi connectivity index (χ4n) is 7.17. The monoisotopic (exact) mass is 727 g/mol. The highest BCUT2D eigenvalue weighted by Gasteiger charge is 2.43. The molecule has 0 aliphatic carbocycles. The molecule has 13 heteroatoms. The van der Waals surface area contributed by atoms with Crippen LogP contribution in [0.15, 0.2) is 24.3 Å². The molecule has 52 heavy (non-hydrogen) atoms. The summed E-state index contributed by atoms with van der Waals surface area (Å²) in [5, 5.41) is 15.5. The maximum Gasteiger partial charge on any atom is 0.245 e. The zero-order valence-electron chi connectivity index (χ0n) is 33.3. The van der Waals surface area contributed by atoms with E-state index in [1.54, 1.807) is 55.9 Å². The number of hydrogen-bond donors (Lipinski definition) is 3. The van der Waals surface area contributed by atoms with Gasteiger partial charge in [-0.25, -0.2) is 0 Å². The van der Waals surface area contributed by atoms with E-state index in [9.17, 15) is 24.4 Å². The lowest BCUT2D eigenvalue weighted by Gasteiger charge is -2.41. The Morgan fingerprint density at radius 3 is 2.25 bits per heavy atom. The van der Waals surface area contributed by atoms with Crippen LogP contribution in [0.3, 0.4) is 0 Å². The van der Waals surface area contributed by atoms with Gasteiger partial charge < -0.3 is 35.6 Å². The third kappa shape index (κ3) is 11.9. The lowest BCUT2D eigenvalue weighted by Crippen LogP contribution is -2.59. The molecule has 1 saturated heterocycles. The van der Waals surface area contributed by atoms with Crippen molar-refractivity contribution >= 4 is 29.3 Å². The zero-order chi connectivity index (χ0) is 39.3. The van der Waals surface area contributed by atoms with Gasteiger partial charge in [-0.05, 0) is 69.8 Å². The summed E-state index contributed by atoms with van der Waals surface area (Å²) in [7, 11) is 8.45. The number of rotatable bonds is 20. The van der Waals surface area contributed by atoms with Crippen LogP contribution < -0.4 is 16.4 Å². The molecule has 1 aromatic rings. The highest BCUT2D eigenvalue weighted by Crippen LogP contribution is 2.30. The van der Waals surface area contributed by atoms with E-state index < -0.39 is 42.3 Å². The van der Waals surface area contributed by atoms with Gasteiger partial charge in [-0.2, -0.15) is 5.26 Å². The van der Waals surface area contributed by atoms with Crippen molar-refractivity contribution in [3.8, 4) is 6.07 Å². The van der Waals surface area contributed by atoms with Gasteiger partial charge in [0.05, 0.1) is 55.2 Å². The minimum Gasteiger partial charge on any atom is -0.399 e. The highest BCUT2D eigenvalue weighted by molar-refractivity contribution is 5.90. The molecule has 4 amide bonds. The largest absolute Gasteiger partial charge is 0.399 e. The summed E-state index contributed by atoms with van der Waals surface area (Å²) in [6.07, 6.45) is 1.56. The number of anilines is 1. The third-order valence-corrected chi connectivity index (χ3v) is 10.8. The summed E-state index contributed by atoms with van der Waals surface area (Å²) in [4.78, 5) is 60.0. The number of likely N-dealkylation sites (tertiary alicyclic amines) is 1. The number of nitriles is 1. The molecule has 2 rings (SSSR count). The second-order valence-corrected chi connectivity index (χ2v) is 15.0. The Labute approximate surface area is 311 Å². The van der Waals surface area contributed by atoms with Crippen molar-refractivity contribution in [1.29, 1.82) is 5.26 Å². The van der Waals surface area contributed by atoms with Gasteiger partial charge in [0.2, 0.25) is 23.6 Å². The van der Waals surface area contributed by atoms with E-state index in [0.717, 1.165) is 18.4 Å². The first-order valence-electron chi connectivity index (χ1n) is 18.6. The van der Waals surface area contributed by atoms with Gasteiger partial charge in [0, 0.05) is 39.5 Å². The maximum atomic E-state index is 14.1. The number of nitrogens with two attached hydrogens (primary N) is 1. The van der Waals surface area contributed by atoms with Gasteiger partial charge in [0.25, 0.3) is 0 Å². The Kier molecular flexibility index (Phi) is 18.0. The number of carbonyl (C=O) groups is 4. The smallest absolute Gasteiger partial charge is 0.245 e. The predicted octanol–water partition coefficient (Wildman–Crippen LogP) is 3.22. The fraction of sp³-hybridized carbons (Fsp3) is 0.718. The summed E-state index contributed by atoms with van der Waals surface area (Å²) in [6, 6.07) is 7.16. The molecule has 1 unspecified atom stereocenters. The molecule has 1 aliphatic rings. The van der Waals surface area contributed by atoms with E-state index in [1.807, 2.05) is 60.0 Å². The van der Waals surface area contributed by atoms with E-state index in [1.165, 1.54) is 0 Å². The number of nitrogens with zero attached hydrogens (tertiary/aromatic N) is 4. The normalized spacial score (nSPS) is 19.2. The molecule has 0 radical (unpaired) electrons. The Balaban J connectivity index is 2.25. The number of carbonyl (C=O) groups excluding carboxylic acids is 4. The van der Waals surface area contributed by atoms with E-state index >= 15 is 0 Å². The molecular weight excluding hydrogens is 662 g/mol. The van der Waals surface area contributed by atoms with Crippen LogP contribution in [0.5, 0.6) is 0 Å². The van der Waals surface area contributed by atoms with Gasteiger partial charge in [-0.15, -0.1) is 0 Å². The van der Waals surface area contributed by atoms with Crippen molar-refractivity contribution in [1.82, 2.24) is 25.3 Å². The van der Waals surface area contributed by atoms with Crippen molar-refractivity contribution in [3.63, 3.8) is 0 Å². The minimum absolute atomic E-state index is 0.0191. The van der Waals surface area contributed by atoms with Crippen LogP contribution in [0.4, 0.5) is 5.69 Å². The number of methoxy groups -OCH3 is 2. The SMILES string of the molecule is CC[C@H](C)[C@@H]([C@@H](CC(=O)N1CCC[C@H]1[C@H](OC)[C@@H](C)C(=O)N[C@H](CC#N)Cc1cccc(N)c1)OC)N(C)C(=O)C(NC(=O)[C@H](C)N(C)C)C(C)C. The first-order chi connectivity index (χ1) is 24.5. The van der Waals surface area contributed by atoms with Crippen LogP contribution in [0.25, 0.3) is 0 Å². The number of hydrogen-bond acceptors (Lipinski definition) is 9. The Morgan fingerprint density at radius 2 is 1.71 bits per heavy atom. The third-order valence-electron chi connectivity index (χ3n) is 10.8. The lowest BCUT2D eigenvalue weighted by molar-refractivity contribution is -0.148. The van der Waals surface area contributed by atoms with Gasteiger partial charge in [-0.1, -0.05) is 53.2 Å². The fourth-order valence-corrected chi connectivity index (χ4v) is 7.17. The maximum absolute atomic E-state index is 14.1. The van der Waals surface area contributed by atoms with Crippen molar-refractivity contribution < 1.29 is 28.7 Å². The number of amides is 4. The molecule has 0 saturated carbocycles. The van der Waals surface area contributed by atoms with E-state index in [4.69, 9.17) is 15.2 Å². The lowest BCUT2D eigenvalue weighted by atomic mass is 9.89. The molecule has 4 N–H and O–H groups in total. The molecule has 9 atom stereocenters. The second kappa shape index (κ2) is 21.1. The van der Waals surface area contributed by atoms with Crippen LogP contribution in [0.1, 0.15) is 79.2 Å². The number of nitrogen functional groups attached to an aromatic ring is 1. The molecule has 1 heterocycles. The number of nitrogens with one attached hydrogen (secondary N) is 2. The van der Waals surface area contributed by atoms with Crippen LogP contribution in [-0.2, 0) is 35.1 Å². The Morgan fingerprint density at radius 1 is 1.04 bits per heavy atom. The van der Waals surface area contributed by atoms with Gasteiger partial charge in [0.15, 0.2) is 0 Å². The predicted molar refractivity (Wildman–Crippen MR) is 203 cm³/mol. The van der Waals surface area contributed by atoms with Crippen LogP contribution in [0.2, 0.25) is 0 Å². The van der Waals surface area contributed by atoms with Crippen LogP contribution in [-0.4, -0.2) is 123 Å². The minimum atomic E-state index is -0.753. The molecule has 0 bridgehead atoms. The van der Waals surface area contributed by atoms with Crippen molar-refractivity contribution in [2.45, 2.75) is 122 Å². The molecule has 0 spiro atoms. The summed E-state index contributed by atoms with van der Waals surface area (Å²) < 4.78 is 11.9. The molecule has 1 fully saturated rings. The standard InChI is InChI=1S/C39H65N7O6/c1-12-25(4)35(45(9)39(50)34(24(2)3)43-38(49)27(6)44(7)8)32(51-10)23-33(47)46-20-14-17-31(46)36(52-11)26(5)37(48)42-30(18-19-40)22-28-15-13-16-29(41)21-28/h13,15-16,21,24-27,30-32,34-36H,12,14,17-18,20,22-23,41H2,1-11H3,(H,42,48)(H,43,49)/t25-,26+,27-,30+,31-,32+,34?,35-,36+/m0/s1. The second-order valence-electron chi connectivity index (χ2n) is 15.0. The van der Waals surface area contributed by atoms with Crippen molar-refractivity contribution in [2.24, 2.45) is 17.8 Å². The van der Waals surface area contributed by atoms with Crippen LogP contribution in [0, 0.1) is 29.1 Å². The Bertz CT molecular complexity index is 1370. The number of likely N-dealkylation sites (N-methyl/N-ethyl adjacent to an activating group) is 2. The van der Waals surface area contributed by atoms with Crippen molar-refractivity contribution in [2.75, 3.05) is 47.6 Å². The zero-order valence-corrected chi connectivity index (χ0v) is 33.3. The topological polar surface area (TPSA) is 170 Å². The van der Waals surface area contributed by atoms with Crippen molar-refractivity contribution in [3.05, 3.63) is 29.8 Å². The number of ether oxygens (including phenoxy) is 2. The van der Waals surface area contributed by atoms with E-state index in [2.05, 4.69) is 16.7 Å². The number of benzene rings is 1. The first kappa shape index (κ1) is 44.4. The van der Waals surface area contributed by atoms with Gasteiger partial charge in [0.1, 0.15) is 6.04 Å². The molecule has 1 aliphatic heterocycles.